The highest BCUT2D eigenvalue weighted by molar-refractivity contribution is 6.29. The van der Waals surface area contributed by atoms with Crippen molar-refractivity contribution in [3.8, 4) is 0 Å². The monoisotopic (exact) mass is 200 g/mol. The van der Waals surface area contributed by atoms with E-state index in [1.807, 2.05) is 0 Å². The van der Waals surface area contributed by atoms with Crippen molar-refractivity contribution in [2.75, 3.05) is 11.2 Å². The molecule has 4 nitrogen and oxygen atoms in total. The van der Waals surface area contributed by atoms with E-state index in [-0.39, 0.29) is 17.3 Å². The second kappa shape index (κ2) is 4.09. The van der Waals surface area contributed by atoms with Crippen molar-refractivity contribution in [3.63, 3.8) is 0 Å². The molecule has 1 aromatic heterocycles. The molecular weight excluding hydrogens is 192 g/mol. The summed E-state index contributed by atoms with van der Waals surface area (Å²) in [5, 5.41) is 2.53. The Morgan fingerprint density at radius 3 is 2.85 bits per heavy atom. The van der Waals surface area contributed by atoms with Crippen LogP contribution in [0.15, 0.2) is 23.1 Å². The number of anilines is 1. The topological polar surface area (TPSA) is 51.1 Å². The summed E-state index contributed by atoms with van der Waals surface area (Å²) in [5.74, 6) is -0.386. The summed E-state index contributed by atoms with van der Waals surface area (Å²) in [7, 11) is 1.61. The van der Waals surface area contributed by atoms with Crippen molar-refractivity contribution in [2.45, 2.75) is 0 Å². The first-order chi connectivity index (χ1) is 6.13. The molecule has 1 aromatic rings. The first-order valence-electron chi connectivity index (χ1n) is 3.66. The van der Waals surface area contributed by atoms with Crippen molar-refractivity contribution in [1.29, 1.82) is 0 Å². The van der Waals surface area contributed by atoms with E-state index in [4.69, 9.17) is 11.6 Å². The molecule has 13 heavy (non-hydrogen) atoms. The fourth-order valence-corrected chi connectivity index (χ4v) is 0.929. The standard InChI is InChI=1S/C8H9ClN2O2/c1-11-5-6(2-3-8(11)13)10-7(12)4-9/h2-3,5H,4H2,1H3,(H,10,12). The highest BCUT2D eigenvalue weighted by Gasteiger charge is 1.99. The Morgan fingerprint density at radius 2 is 2.31 bits per heavy atom. The van der Waals surface area contributed by atoms with Crippen LogP contribution in [0.25, 0.3) is 0 Å². The molecule has 0 saturated heterocycles. The number of carbonyl (C=O) groups is 1. The van der Waals surface area contributed by atoms with Crippen LogP contribution in [0.5, 0.6) is 0 Å². The Balaban J connectivity index is 2.86. The number of aromatic nitrogens is 1. The van der Waals surface area contributed by atoms with Gasteiger partial charge in [-0.15, -0.1) is 11.6 Å². The number of nitrogens with zero attached hydrogens (tertiary/aromatic N) is 1. The summed E-state index contributed by atoms with van der Waals surface area (Å²) in [5.41, 5.74) is 0.441. The number of amides is 1. The Labute approximate surface area is 80.1 Å². The van der Waals surface area contributed by atoms with E-state index >= 15 is 0 Å². The second-order valence-corrected chi connectivity index (χ2v) is 2.82. The molecular formula is C8H9ClN2O2. The number of alkyl halides is 1. The molecule has 0 aliphatic heterocycles. The van der Waals surface area contributed by atoms with Gasteiger partial charge in [-0.25, -0.2) is 0 Å². The van der Waals surface area contributed by atoms with Crippen molar-refractivity contribution >= 4 is 23.2 Å². The van der Waals surface area contributed by atoms with Crippen LogP contribution in [0, 0.1) is 0 Å². The quantitative estimate of drug-likeness (QED) is 0.710. The third kappa shape index (κ3) is 2.59. The van der Waals surface area contributed by atoms with Gasteiger partial charge < -0.3 is 9.88 Å². The lowest BCUT2D eigenvalue weighted by Crippen LogP contribution is -2.18. The van der Waals surface area contributed by atoms with Gasteiger partial charge in [0, 0.05) is 19.3 Å². The molecule has 1 heterocycles. The van der Waals surface area contributed by atoms with Gasteiger partial charge in [0.15, 0.2) is 0 Å². The van der Waals surface area contributed by atoms with Crippen LogP contribution in [-0.2, 0) is 11.8 Å². The fraction of sp³-hybridized carbons (Fsp3) is 0.250. The molecule has 0 fully saturated rings. The first-order valence-corrected chi connectivity index (χ1v) is 4.19. The largest absolute Gasteiger partial charge is 0.324 e. The minimum atomic E-state index is -0.291. The lowest BCUT2D eigenvalue weighted by atomic mass is 10.4. The van der Waals surface area contributed by atoms with Crippen molar-refractivity contribution in [2.24, 2.45) is 7.05 Å². The maximum atomic E-state index is 11.0. The molecule has 0 radical (unpaired) electrons. The minimum absolute atomic E-state index is 0.0944. The van der Waals surface area contributed by atoms with Crippen LogP contribution in [0.3, 0.4) is 0 Å². The van der Waals surface area contributed by atoms with Gasteiger partial charge in [-0.3, -0.25) is 9.59 Å². The summed E-state index contributed by atoms with van der Waals surface area (Å²) < 4.78 is 1.38. The van der Waals surface area contributed by atoms with Gasteiger partial charge in [-0.05, 0) is 6.07 Å². The van der Waals surface area contributed by atoms with Crippen LogP contribution < -0.4 is 10.9 Å². The Bertz CT molecular complexity index is 373. The van der Waals surface area contributed by atoms with Crippen LogP contribution in [0.1, 0.15) is 0 Å². The summed E-state index contributed by atoms with van der Waals surface area (Å²) in [6.45, 7) is 0. The summed E-state index contributed by atoms with van der Waals surface area (Å²) in [4.78, 5) is 21.8. The number of rotatable bonds is 2. The zero-order valence-electron chi connectivity index (χ0n) is 7.08. The molecule has 0 spiro atoms. The number of hydrogen-bond donors (Lipinski definition) is 1. The second-order valence-electron chi connectivity index (χ2n) is 2.55. The number of halogens is 1. The average molecular weight is 201 g/mol. The van der Waals surface area contributed by atoms with E-state index < -0.39 is 0 Å². The molecule has 0 bridgehead atoms. The van der Waals surface area contributed by atoms with Gasteiger partial charge in [0.25, 0.3) is 0 Å². The molecule has 1 amide bonds. The van der Waals surface area contributed by atoms with Crippen LogP contribution >= 0.6 is 11.6 Å². The molecule has 0 saturated carbocycles. The van der Waals surface area contributed by atoms with Crippen molar-refractivity contribution < 1.29 is 4.79 Å². The van der Waals surface area contributed by atoms with Crippen LogP contribution in [0.2, 0.25) is 0 Å². The predicted molar refractivity (Wildman–Crippen MR) is 51.0 cm³/mol. The number of pyridine rings is 1. The molecule has 0 aliphatic rings. The highest BCUT2D eigenvalue weighted by atomic mass is 35.5. The Kier molecular flexibility index (Phi) is 3.08. The first kappa shape index (κ1) is 9.80. The Hall–Kier alpha value is -1.29. The van der Waals surface area contributed by atoms with Gasteiger partial charge in [0.1, 0.15) is 5.88 Å². The van der Waals surface area contributed by atoms with E-state index in [1.165, 1.54) is 22.9 Å². The zero-order valence-corrected chi connectivity index (χ0v) is 7.84. The third-order valence-electron chi connectivity index (χ3n) is 1.49. The SMILES string of the molecule is Cn1cc(NC(=O)CCl)ccc1=O. The molecule has 1 rings (SSSR count). The van der Waals surface area contributed by atoms with Gasteiger partial charge in [0.05, 0.1) is 5.69 Å². The van der Waals surface area contributed by atoms with E-state index in [2.05, 4.69) is 5.32 Å². The molecule has 0 aromatic carbocycles. The predicted octanol–water partition coefficient (Wildman–Crippen LogP) is 0.563. The molecule has 1 N–H and O–H groups in total. The Morgan fingerprint density at radius 1 is 1.62 bits per heavy atom. The lowest BCUT2D eigenvalue weighted by molar-refractivity contribution is -0.113. The van der Waals surface area contributed by atoms with Gasteiger partial charge in [0.2, 0.25) is 11.5 Å². The zero-order chi connectivity index (χ0) is 9.84. The average Bonchev–Trinajstić information content (AvgIpc) is 2.11. The normalized spacial score (nSPS) is 9.69. The number of aryl methyl sites for hydroxylation is 1. The maximum Gasteiger partial charge on any atom is 0.250 e. The minimum Gasteiger partial charge on any atom is -0.324 e. The molecule has 0 aliphatic carbocycles. The molecule has 0 unspecified atom stereocenters. The van der Waals surface area contributed by atoms with Crippen molar-refractivity contribution in [1.82, 2.24) is 4.57 Å². The summed E-state index contributed by atoms with van der Waals surface area (Å²) in [6, 6.07) is 2.91. The third-order valence-corrected chi connectivity index (χ3v) is 1.73. The van der Waals surface area contributed by atoms with E-state index in [0.29, 0.717) is 5.69 Å². The summed E-state index contributed by atoms with van der Waals surface area (Å²) in [6.07, 6.45) is 1.53. The maximum absolute atomic E-state index is 11.0. The highest BCUT2D eigenvalue weighted by Crippen LogP contribution is 2.01. The van der Waals surface area contributed by atoms with E-state index in [9.17, 15) is 9.59 Å². The van der Waals surface area contributed by atoms with E-state index in [1.54, 1.807) is 7.05 Å². The van der Waals surface area contributed by atoms with Crippen LogP contribution in [-0.4, -0.2) is 16.4 Å². The smallest absolute Gasteiger partial charge is 0.250 e. The van der Waals surface area contributed by atoms with Crippen LogP contribution in [0.4, 0.5) is 5.69 Å². The van der Waals surface area contributed by atoms with E-state index in [0.717, 1.165) is 0 Å². The molecule has 70 valence electrons. The number of hydrogen-bond acceptors (Lipinski definition) is 2. The van der Waals surface area contributed by atoms with Gasteiger partial charge >= 0.3 is 0 Å². The number of carbonyl (C=O) groups excluding carboxylic acids is 1. The van der Waals surface area contributed by atoms with Gasteiger partial charge in [-0.2, -0.15) is 0 Å². The number of nitrogens with one attached hydrogen (secondary N) is 1. The summed E-state index contributed by atoms with van der Waals surface area (Å²) >= 11 is 5.29. The fourth-order valence-electron chi connectivity index (χ4n) is 0.862. The molecule has 5 heteroatoms. The lowest BCUT2D eigenvalue weighted by Gasteiger charge is -2.03. The van der Waals surface area contributed by atoms with Gasteiger partial charge in [-0.1, -0.05) is 0 Å². The van der Waals surface area contributed by atoms with Crippen molar-refractivity contribution in [3.05, 3.63) is 28.7 Å². The molecule has 0 atom stereocenters.